The van der Waals surface area contributed by atoms with Crippen molar-refractivity contribution in [1.82, 2.24) is 10.5 Å². The number of nitrogens with zero attached hydrogens (tertiary/aromatic N) is 2. The fourth-order valence-corrected chi connectivity index (χ4v) is 1.21. The van der Waals surface area contributed by atoms with Crippen molar-refractivity contribution >= 4 is 5.84 Å². The third-order valence-corrected chi connectivity index (χ3v) is 1.79. The van der Waals surface area contributed by atoms with Gasteiger partial charge in [-0.3, -0.25) is 5.43 Å². The molecule has 1 aliphatic rings. The molecule has 5 heteroatoms. The number of nitrogens with one attached hydrogen (secondary N) is 1. The monoisotopic (exact) mass is 189 g/mol. The Morgan fingerprint density at radius 3 is 2.57 bits per heavy atom. The van der Waals surface area contributed by atoms with Gasteiger partial charge < -0.3 is 5.73 Å². The number of hydrazine groups is 2. The van der Waals surface area contributed by atoms with E-state index >= 15 is 0 Å². The third kappa shape index (κ3) is 1.67. The Morgan fingerprint density at radius 2 is 1.93 bits per heavy atom. The molecule has 2 rings (SSSR count). The Hall–Kier alpha value is -2.01. The largest absolute Gasteiger partial charge is 0.382 e. The van der Waals surface area contributed by atoms with Crippen molar-refractivity contribution in [2.75, 3.05) is 0 Å². The van der Waals surface area contributed by atoms with E-state index in [1.807, 2.05) is 30.3 Å². The fourth-order valence-electron chi connectivity index (χ4n) is 1.21. The zero-order chi connectivity index (χ0) is 9.97. The molecule has 0 unspecified atom stereocenters. The Kier molecular flexibility index (Phi) is 2.08. The highest BCUT2D eigenvalue weighted by Crippen LogP contribution is 2.04. The predicted octanol–water partition coefficient (Wildman–Crippen LogP) is -0.115. The first kappa shape index (κ1) is 8.58. The lowest BCUT2D eigenvalue weighted by Crippen LogP contribution is -2.46. The summed E-state index contributed by atoms with van der Waals surface area (Å²) in [5, 5.41) is 1.28. The number of hydrogen-bond acceptors (Lipinski definition) is 5. The van der Waals surface area contributed by atoms with Gasteiger partial charge in [-0.2, -0.15) is 0 Å². The summed E-state index contributed by atoms with van der Waals surface area (Å²) in [7, 11) is 0. The second-order valence-corrected chi connectivity index (χ2v) is 2.90. The number of rotatable bonds is 1. The van der Waals surface area contributed by atoms with E-state index in [0.29, 0.717) is 11.7 Å². The maximum absolute atomic E-state index is 5.56. The minimum absolute atomic E-state index is 0.380. The smallest absolute Gasteiger partial charge is 0.155 e. The second kappa shape index (κ2) is 3.39. The summed E-state index contributed by atoms with van der Waals surface area (Å²) in [5.41, 5.74) is 9.38. The number of amidine groups is 1. The van der Waals surface area contributed by atoms with Gasteiger partial charge >= 0.3 is 0 Å². The standard InChI is InChI=1S/C9H11N5/c10-8-6-14(11)13-9(12-8)7-4-2-1-3-5-7/h1-6H,10-11H2,(H,12,13). The molecule has 5 nitrogen and oxygen atoms in total. The van der Waals surface area contributed by atoms with Gasteiger partial charge in [0.2, 0.25) is 0 Å². The highest BCUT2D eigenvalue weighted by molar-refractivity contribution is 5.99. The normalized spacial score (nSPS) is 15.6. The van der Waals surface area contributed by atoms with Crippen LogP contribution in [-0.4, -0.2) is 11.0 Å². The van der Waals surface area contributed by atoms with Crippen LogP contribution in [0.5, 0.6) is 0 Å². The summed E-state index contributed by atoms with van der Waals surface area (Å²) in [5.74, 6) is 6.56. The maximum atomic E-state index is 5.56. The molecule has 1 aromatic rings. The van der Waals surface area contributed by atoms with E-state index in [4.69, 9.17) is 11.6 Å². The van der Waals surface area contributed by atoms with Crippen molar-refractivity contribution in [3.8, 4) is 0 Å². The van der Waals surface area contributed by atoms with Crippen LogP contribution in [0, 0.1) is 0 Å². The first-order valence-electron chi connectivity index (χ1n) is 4.18. The number of aliphatic imine (C=N–C) groups is 1. The molecule has 1 aliphatic heterocycles. The van der Waals surface area contributed by atoms with Gasteiger partial charge in [-0.15, -0.1) is 0 Å². The van der Waals surface area contributed by atoms with Gasteiger partial charge in [0.1, 0.15) is 5.82 Å². The van der Waals surface area contributed by atoms with E-state index in [-0.39, 0.29) is 0 Å². The molecule has 0 spiro atoms. The lowest BCUT2D eigenvalue weighted by molar-refractivity contribution is 0.338. The van der Waals surface area contributed by atoms with E-state index in [9.17, 15) is 0 Å². The second-order valence-electron chi connectivity index (χ2n) is 2.90. The summed E-state index contributed by atoms with van der Waals surface area (Å²) in [6.45, 7) is 0. The van der Waals surface area contributed by atoms with Gasteiger partial charge in [-0.1, -0.05) is 30.3 Å². The molecule has 0 aromatic heterocycles. The van der Waals surface area contributed by atoms with Gasteiger partial charge in [0.05, 0.1) is 6.20 Å². The zero-order valence-electron chi connectivity index (χ0n) is 7.51. The molecule has 72 valence electrons. The molecule has 1 aromatic carbocycles. The summed E-state index contributed by atoms with van der Waals surface area (Å²) in [6, 6.07) is 9.65. The van der Waals surface area contributed by atoms with Crippen molar-refractivity contribution in [2.24, 2.45) is 16.6 Å². The van der Waals surface area contributed by atoms with Crippen molar-refractivity contribution < 1.29 is 0 Å². The van der Waals surface area contributed by atoms with Crippen molar-refractivity contribution in [2.45, 2.75) is 0 Å². The average molecular weight is 189 g/mol. The molecule has 1 heterocycles. The minimum Gasteiger partial charge on any atom is -0.382 e. The van der Waals surface area contributed by atoms with Crippen LogP contribution in [0.3, 0.4) is 0 Å². The molecular formula is C9H11N5. The molecule has 0 amide bonds. The van der Waals surface area contributed by atoms with Gasteiger partial charge in [0, 0.05) is 5.56 Å². The molecule has 0 atom stereocenters. The van der Waals surface area contributed by atoms with E-state index < -0.39 is 0 Å². The topological polar surface area (TPSA) is 79.7 Å². The average Bonchev–Trinajstić information content (AvgIpc) is 2.18. The molecule has 0 radical (unpaired) electrons. The molecule has 0 saturated carbocycles. The highest BCUT2D eigenvalue weighted by atomic mass is 15.7. The summed E-state index contributed by atoms with van der Waals surface area (Å²) in [6.07, 6.45) is 1.51. The SMILES string of the molecule is NC1=CN(N)NC(c2ccccc2)=N1. The van der Waals surface area contributed by atoms with Crippen LogP contribution in [-0.2, 0) is 0 Å². The first-order chi connectivity index (χ1) is 6.75. The van der Waals surface area contributed by atoms with Crippen molar-refractivity contribution in [3.05, 3.63) is 47.9 Å². The lowest BCUT2D eigenvalue weighted by atomic mass is 10.2. The Labute approximate surface area is 81.7 Å². The molecular weight excluding hydrogens is 178 g/mol. The maximum Gasteiger partial charge on any atom is 0.155 e. The lowest BCUT2D eigenvalue weighted by Gasteiger charge is -2.22. The van der Waals surface area contributed by atoms with Crippen LogP contribution >= 0.6 is 0 Å². The summed E-state index contributed by atoms with van der Waals surface area (Å²) < 4.78 is 0. The Balaban J connectivity index is 2.33. The molecule has 0 aliphatic carbocycles. The molecule has 0 saturated heterocycles. The molecule has 14 heavy (non-hydrogen) atoms. The third-order valence-electron chi connectivity index (χ3n) is 1.79. The van der Waals surface area contributed by atoms with E-state index in [1.54, 1.807) is 0 Å². The highest BCUT2D eigenvalue weighted by Gasteiger charge is 2.09. The van der Waals surface area contributed by atoms with E-state index in [2.05, 4.69) is 10.4 Å². The van der Waals surface area contributed by atoms with Crippen LogP contribution in [0.25, 0.3) is 0 Å². The Morgan fingerprint density at radius 1 is 1.21 bits per heavy atom. The van der Waals surface area contributed by atoms with Crippen molar-refractivity contribution in [1.29, 1.82) is 0 Å². The van der Waals surface area contributed by atoms with Gasteiger partial charge in [-0.05, 0) is 0 Å². The fraction of sp³-hybridized carbons (Fsp3) is 0. The van der Waals surface area contributed by atoms with Crippen LogP contribution in [0.15, 0.2) is 47.3 Å². The first-order valence-corrected chi connectivity index (χ1v) is 4.18. The molecule has 5 N–H and O–H groups in total. The minimum atomic E-state index is 0.380. The number of benzene rings is 1. The quantitative estimate of drug-likeness (QED) is 0.538. The molecule has 0 fully saturated rings. The van der Waals surface area contributed by atoms with E-state index in [0.717, 1.165) is 5.56 Å². The molecule has 0 bridgehead atoms. The summed E-state index contributed by atoms with van der Waals surface area (Å²) in [4.78, 5) is 4.13. The van der Waals surface area contributed by atoms with Crippen LogP contribution in [0.1, 0.15) is 5.56 Å². The van der Waals surface area contributed by atoms with E-state index in [1.165, 1.54) is 11.3 Å². The number of hydrogen-bond donors (Lipinski definition) is 3. The van der Waals surface area contributed by atoms with Crippen molar-refractivity contribution in [3.63, 3.8) is 0 Å². The summed E-state index contributed by atoms with van der Waals surface area (Å²) >= 11 is 0. The van der Waals surface area contributed by atoms with Crippen LogP contribution in [0.4, 0.5) is 0 Å². The predicted molar refractivity (Wildman–Crippen MR) is 54.4 cm³/mol. The van der Waals surface area contributed by atoms with Gasteiger partial charge in [0.25, 0.3) is 0 Å². The number of nitrogens with two attached hydrogens (primary N) is 2. The van der Waals surface area contributed by atoms with Crippen LogP contribution in [0.2, 0.25) is 0 Å². The van der Waals surface area contributed by atoms with Gasteiger partial charge in [-0.25, -0.2) is 16.0 Å². The van der Waals surface area contributed by atoms with Crippen LogP contribution < -0.4 is 17.0 Å². The Bertz CT molecular complexity index is 381. The zero-order valence-corrected chi connectivity index (χ0v) is 7.51. The van der Waals surface area contributed by atoms with Gasteiger partial charge in [0.15, 0.2) is 5.84 Å².